The lowest BCUT2D eigenvalue weighted by molar-refractivity contribution is -0.117. The molecule has 0 spiro atoms. The number of rotatable bonds is 7. The molecule has 142 valence electrons. The number of alkyl halides is 2. The van der Waals surface area contributed by atoms with Crippen LogP contribution in [0.5, 0.6) is 0 Å². The van der Waals surface area contributed by atoms with Gasteiger partial charge >= 0.3 is 6.03 Å². The zero-order valence-electron chi connectivity index (χ0n) is 14.4. The molecule has 1 fully saturated rings. The second kappa shape index (κ2) is 8.85. The number of thioether (sulfide) groups is 1. The third kappa shape index (κ3) is 6.25. The first-order valence-electron chi connectivity index (χ1n) is 8.49. The fourth-order valence-corrected chi connectivity index (χ4v) is 2.93. The van der Waals surface area contributed by atoms with Crippen LogP contribution in [0.1, 0.15) is 18.4 Å². The number of hydrogen-bond donors (Lipinski definition) is 3. The second-order valence-corrected chi connectivity index (χ2v) is 7.24. The molecule has 1 saturated carbocycles. The number of hydrogen-bond acceptors (Lipinski definition) is 3. The standard InChI is InChI=1S/C19H19F2N3O2S/c20-18(21)27-16-8-6-14(7-9-16)24-19(26)22-11-12-2-1-3-15(10-12)23-17(25)13-4-5-13/h1-3,6-10,13,18H,4-5,11H2,(H,23,25)(H2,22,24,26). The van der Waals surface area contributed by atoms with Gasteiger partial charge in [-0.1, -0.05) is 23.9 Å². The van der Waals surface area contributed by atoms with Crippen molar-refractivity contribution < 1.29 is 18.4 Å². The van der Waals surface area contributed by atoms with Crippen molar-refractivity contribution >= 4 is 35.1 Å². The Labute approximate surface area is 159 Å². The first kappa shape index (κ1) is 19.2. The van der Waals surface area contributed by atoms with Gasteiger partial charge in [0, 0.05) is 28.7 Å². The van der Waals surface area contributed by atoms with Crippen molar-refractivity contribution in [3.63, 3.8) is 0 Å². The fourth-order valence-electron chi connectivity index (χ4n) is 2.43. The van der Waals surface area contributed by atoms with Crippen LogP contribution in [0.4, 0.5) is 25.0 Å². The van der Waals surface area contributed by atoms with Gasteiger partial charge < -0.3 is 16.0 Å². The van der Waals surface area contributed by atoms with Crippen molar-refractivity contribution in [2.45, 2.75) is 30.0 Å². The zero-order chi connectivity index (χ0) is 19.2. The minimum Gasteiger partial charge on any atom is -0.334 e. The monoisotopic (exact) mass is 391 g/mol. The van der Waals surface area contributed by atoms with Crippen molar-refractivity contribution in [2.24, 2.45) is 5.92 Å². The third-order valence-electron chi connectivity index (χ3n) is 3.93. The van der Waals surface area contributed by atoms with Gasteiger partial charge in [-0.25, -0.2) is 4.79 Å². The lowest BCUT2D eigenvalue weighted by Crippen LogP contribution is -2.28. The summed E-state index contributed by atoms with van der Waals surface area (Å²) in [5.74, 6) is -2.31. The quantitative estimate of drug-likeness (QED) is 0.601. The molecule has 0 aromatic heterocycles. The van der Waals surface area contributed by atoms with E-state index < -0.39 is 11.8 Å². The number of carbonyl (C=O) groups excluding carboxylic acids is 2. The Balaban J connectivity index is 1.47. The molecule has 0 heterocycles. The maximum atomic E-state index is 12.3. The lowest BCUT2D eigenvalue weighted by Gasteiger charge is -2.10. The number of carbonyl (C=O) groups is 2. The molecular weight excluding hydrogens is 372 g/mol. The summed E-state index contributed by atoms with van der Waals surface area (Å²) in [4.78, 5) is 24.2. The van der Waals surface area contributed by atoms with Crippen LogP contribution in [-0.4, -0.2) is 17.7 Å². The molecular formula is C19H19F2N3O2S. The molecule has 27 heavy (non-hydrogen) atoms. The highest BCUT2D eigenvalue weighted by atomic mass is 32.2. The summed E-state index contributed by atoms with van der Waals surface area (Å²) in [7, 11) is 0. The number of halogens is 2. The summed E-state index contributed by atoms with van der Waals surface area (Å²) in [5, 5.41) is 8.24. The lowest BCUT2D eigenvalue weighted by atomic mass is 10.2. The Morgan fingerprint density at radius 2 is 1.78 bits per heavy atom. The normalized spacial score (nSPS) is 13.3. The maximum absolute atomic E-state index is 12.3. The summed E-state index contributed by atoms with van der Waals surface area (Å²) in [6.45, 7) is 0.290. The smallest absolute Gasteiger partial charge is 0.319 e. The highest BCUT2D eigenvalue weighted by Crippen LogP contribution is 2.30. The zero-order valence-corrected chi connectivity index (χ0v) is 15.2. The van der Waals surface area contributed by atoms with E-state index in [1.165, 1.54) is 12.1 Å². The molecule has 3 N–H and O–H groups in total. The molecule has 8 heteroatoms. The molecule has 0 saturated heterocycles. The molecule has 0 radical (unpaired) electrons. The molecule has 2 aromatic carbocycles. The van der Waals surface area contributed by atoms with Gasteiger partial charge in [-0.2, -0.15) is 8.78 Å². The van der Waals surface area contributed by atoms with E-state index in [0.29, 0.717) is 28.0 Å². The van der Waals surface area contributed by atoms with Crippen molar-refractivity contribution in [1.29, 1.82) is 0 Å². The number of nitrogens with one attached hydrogen (secondary N) is 3. The SMILES string of the molecule is O=C(NCc1cccc(NC(=O)C2CC2)c1)Nc1ccc(SC(F)F)cc1. The Kier molecular flexibility index (Phi) is 6.28. The molecule has 0 atom stereocenters. The van der Waals surface area contributed by atoms with Crippen molar-refractivity contribution in [3.05, 3.63) is 54.1 Å². The Morgan fingerprint density at radius 1 is 1.04 bits per heavy atom. The van der Waals surface area contributed by atoms with Gasteiger partial charge in [0.15, 0.2) is 0 Å². The van der Waals surface area contributed by atoms with Gasteiger partial charge in [0.1, 0.15) is 0 Å². The summed E-state index contributed by atoms with van der Waals surface area (Å²) in [6, 6.07) is 13.1. The average Bonchev–Trinajstić information content (AvgIpc) is 3.47. The van der Waals surface area contributed by atoms with E-state index in [-0.39, 0.29) is 18.4 Å². The van der Waals surface area contributed by atoms with Gasteiger partial charge in [0.05, 0.1) is 0 Å². The largest absolute Gasteiger partial charge is 0.334 e. The minimum absolute atomic E-state index is 0.0336. The maximum Gasteiger partial charge on any atom is 0.319 e. The van der Waals surface area contributed by atoms with E-state index >= 15 is 0 Å². The van der Waals surface area contributed by atoms with E-state index in [9.17, 15) is 18.4 Å². The highest BCUT2D eigenvalue weighted by Gasteiger charge is 2.29. The van der Waals surface area contributed by atoms with Crippen LogP contribution in [0, 0.1) is 5.92 Å². The van der Waals surface area contributed by atoms with E-state index in [1.807, 2.05) is 24.3 Å². The molecule has 0 unspecified atom stereocenters. The second-order valence-electron chi connectivity index (χ2n) is 6.17. The van der Waals surface area contributed by atoms with Gasteiger partial charge in [0.25, 0.3) is 5.76 Å². The minimum atomic E-state index is -2.48. The Bertz CT molecular complexity index is 811. The topological polar surface area (TPSA) is 70.2 Å². The Morgan fingerprint density at radius 3 is 2.44 bits per heavy atom. The number of benzene rings is 2. The Hall–Kier alpha value is -2.61. The summed E-state index contributed by atoms with van der Waals surface area (Å²) >= 11 is 0.453. The fraction of sp³-hybridized carbons (Fsp3) is 0.263. The molecule has 1 aliphatic carbocycles. The van der Waals surface area contributed by atoms with Crippen LogP contribution in [0.25, 0.3) is 0 Å². The molecule has 1 aliphatic rings. The highest BCUT2D eigenvalue weighted by molar-refractivity contribution is 7.99. The van der Waals surface area contributed by atoms with Crippen LogP contribution in [0.15, 0.2) is 53.4 Å². The molecule has 0 bridgehead atoms. The van der Waals surface area contributed by atoms with E-state index in [0.717, 1.165) is 18.4 Å². The van der Waals surface area contributed by atoms with Crippen molar-refractivity contribution in [2.75, 3.05) is 10.6 Å². The average molecular weight is 391 g/mol. The van der Waals surface area contributed by atoms with Crippen LogP contribution >= 0.6 is 11.8 Å². The molecule has 2 aromatic rings. The van der Waals surface area contributed by atoms with Crippen molar-refractivity contribution in [3.8, 4) is 0 Å². The van der Waals surface area contributed by atoms with Crippen LogP contribution < -0.4 is 16.0 Å². The predicted octanol–water partition coefficient (Wildman–Crippen LogP) is 4.67. The third-order valence-corrected chi connectivity index (χ3v) is 4.66. The van der Waals surface area contributed by atoms with Gasteiger partial charge in [-0.05, 0) is 54.8 Å². The predicted molar refractivity (Wildman–Crippen MR) is 102 cm³/mol. The molecule has 0 aliphatic heterocycles. The van der Waals surface area contributed by atoms with Gasteiger partial charge in [0.2, 0.25) is 5.91 Å². The summed E-state index contributed by atoms with van der Waals surface area (Å²) in [5.41, 5.74) is 2.07. The first-order chi connectivity index (χ1) is 13.0. The van der Waals surface area contributed by atoms with Crippen LogP contribution in [0.2, 0.25) is 0 Å². The van der Waals surface area contributed by atoms with Gasteiger partial charge in [-0.3, -0.25) is 4.79 Å². The van der Waals surface area contributed by atoms with Crippen LogP contribution in [0.3, 0.4) is 0 Å². The molecule has 5 nitrogen and oxygen atoms in total. The summed E-state index contributed by atoms with van der Waals surface area (Å²) < 4.78 is 24.6. The van der Waals surface area contributed by atoms with E-state index in [1.54, 1.807) is 12.1 Å². The number of urea groups is 1. The number of amides is 3. The van der Waals surface area contributed by atoms with Crippen LogP contribution in [-0.2, 0) is 11.3 Å². The van der Waals surface area contributed by atoms with E-state index in [4.69, 9.17) is 0 Å². The van der Waals surface area contributed by atoms with E-state index in [2.05, 4.69) is 16.0 Å². The van der Waals surface area contributed by atoms with Crippen molar-refractivity contribution in [1.82, 2.24) is 5.32 Å². The summed E-state index contributed by atoms with van der Waals surface area (Å²) in [6.07, 6.45) is 1.88. The molecule has 3 rings (SSSR count). The number of anilines is 2. The molecule has 3 amide bonds. The first-order valence-corrected chi connectivity index (χ1v) is 9.37. The van der Waals surface area contributed by atoms with Gasteiger partial charge in [-0.15, -0.1) is 0 Å².